The zero-order chi connectivity index (χ0) is 105. The molecule has 2 rings (SSSR count). The number of rotatable bonds is 52. The summed E-state index contributed by atoms with van der Waals surface area (Å²) in [5.74, 6) is -20.6. The third-order valence-electron chi connectivity index (χ3n) is 23.1. The number of nitrogens with one attached hydrogen (secondary N) is 18. The largest absolute Gasteiger partial charge is 0.394 e. The Labute approximate surface area is 795 Å². The molecule has 2 aliphatic heterocycles. The molecule has 2 heterocycles. The second-order valence-corrected chi connectivity index (χ2v) is 41.2. The maximum atomic E-state index is 14.5. The molecule has 0 saturated carbocycles. The smallest absolute Gasteiger partial charge is 0.248 e. The average molecular weight is 1930 g/mol. The van der Waals surface area contributed by atoms with E-state index in [4.69, 9.17) is 17.2 Å². The Morgan fingerprint density at radius 2 is 0.684 bits per heavy atom. The molecule has 0 spiro atoms. The Hall–Kier alpha value is -12.2. The predicted molar refractivity (Wildman–Crippen MR) is 496 cm³/mol. The zero-order valence-electron chi connectivity index (χ0n) is 84.2. The molecule has 23 amide bonds. The van der Waals surface area contributed by atoms with Crippen molar-refractivity contribution in [1.29, 1.82) is 0 Å². The van der Waals surface area contributed by atoms with E-state index in [0.717, 1.165) is 0 Å². The molecule has 2 fully saturated rings. The van der Waals surface area contributed by atoms with Gasteiger partial charge in [-0.25, -0.2) is 0 Å². The number of amides is 23. The first kappa shape index (κ1) is 120. The van der Waals surface area contributed by atoms with Crippen LogP contribution in [0.15, 0.2) is 0 Å². The molecule has 0 aliphatic carbocycles. The molecule has 0 radical (unpaired) electrons. The lowest BCUT2D eigenvalue weighted by Gasteiger charge is -2.36. The molecule has 1 unspecified atom stereocenters. The summed E-state index contributed by atoms with van der Waals surface area (Å²) in [5.41, 5.74) is -1.52. The van der Waals surface area contributed by atoms with Crippen LogP contribution in [-0.4, -0.2) is 287 Å². The monoisotopic (exact) mass is 1930 g/mol. The number of nitrogens with zero attached hydrogens (tertiary/aromatic N) is 2. The van der Waals surface area contributed by atoms with Crippen molar-refractivity contribution in [1.82, 2.24) is 106 Å². The summed E-state index contributed by atoms with van der Waals surface area (Å²) < 4.78 is 0. The van der Waals surface area contributed by atoms with Crippen molar-refractivity contribution < 1.29 is 115 Å². The minimum Gasteiger partial charge on any atom is -0.394 e. The van der Waals surface area contributed by atoms with Gasteiger partial charge in [-0.05, 0) is 215 Å². The van der Waals surface area contributed by atoms with E-state index in [-0.39, 0.29) is 63.5 Å². The van der Waals surface area contributed by atoms with E-state index in [1.54, 1.807) is 34.6 Å². The number of aliphatic hydroxyl groups excluding tert-OH is 1. The fourth-order valence-corrected chi connectivity index (χ4v) is 14.2. The lowest BCUT2D eigenvalue weighted by molar-refractivity contribution is -0.146. The fourth-order valence-electron chi connectivity index (χ4n) is 14.2. The van der Waals surface area contributed by atoms with Gasteiger partial charge in [0.05, 0.1) is 19.2 Å². The Kier molecular flexibility index (Phi) is 43.2. The maximum Gasteiger partial charge on any atom is 0.248 e. The third-order valence-corrected chi connectivity index (χ3v) is 23.1. The molecular weight excluding hydrogens is 1780 g/mol. The molecule has 2 saturated heterocycles. The Morgan fingerprint density at radius 3 is 1.09 bits per heavy atom. The van der Waals surface area contributed by atoms with Gasteiger partial charge in [0, 0.05) is 39.3 Å². The number of hydrogen-bond acceptors (Lipinski definition) is 24. The number of primary amides is 3. The van der Waals surface area contributed by atoms with E-state index in [1.165, 1.54) is 162 Å². The standard InChI is InChI=1S/C89H153N23O24/c1-29-47(6)54(44-113)96-63(120)50(34-37-57(90)115)95-64(121)51(35-38-58(91)116)97-73(130)83(15,16)109-77(134)87(23,24)107-69(126)61(46(4)5)100-67(124)55-32-30-40-111(55)79(136)89(27,28)110-75(132)85(19,20)102-60(118)43-93-70(127)80(9,10)105-66(123)53(42-45(2)3)99-72(129)82(13,14)104-65(122)52(36-39-59(92)117)98-74(131)84(17,18)108-76(133)86(21,22)103-62(119)48(7)94-71(128)81(11,12)106-68(125)56-33-31-41-112(56)78(135)88(25,26)101-49(8)114/h45-48,50-56,61,113H,29-44H2,1-28H3,(H2,90,115)(H2,91,116)(H2,92,117)(H,93,127)(H,94,128)(H,95,121)(H,96,120)(H,97,130)(H,98,131)(H,99,129)(H,100,124)(H,101,114)(H,102,118)(H,103,119)(H,104,122)(H,105,123)(H,106,125)(H,107,126)(H,108,133)(H,109,134)(H,110,132)/t47?,48-,50-,51-,52-,53-,54+,55-,56-,61-/m0/s1. The zero-order valence-corrected chi connectivity index (χ0v) is 84.2. The first-order chi connectivity index (χ1) is 61.9. The summed E-state index contributed by atoms with van der Waals surface area (Å²) in [4.78, 5) is 315. The van der Waals surface area contributed by atoms with Crippen LogP contribution in [0, 0.1) is 17.8 Å². The summed E-state index contributed by atoms with van der Waals surface area (Å²) in [6.45, 7) is 38.3. The second-order valence-electron chi connectivity index (χ2n) is 41.2. The van der Waals surface area contributed by atoms with Crippen LogP contribution in [0.25, 0.3) is 0 Å². The van der Waals surface area contributed by atoms with E-state index >= 15 is 0 Å². The highest BCUT2D eigenvalue weighted by Crippen LogP contribution is 2.27. The molecule has 768 valence electrons. The average Bonchev–Trinajstić information content (AvgIpc) is 1.61. The van der Waals surface area contributed by atoms with Crippen LogP contribution in [0.3, 0.4) is 0 Å². The fraction of sp³-hybridized carbons (Fsp3) is 0.742. The highest BCUT2D eigenvalue weighted by atomic mass is 16.3. The minimum atomic E-state index is -1.91. The summed E-state index contributed by atoms with van der Waals surface area (Å²) in [7, 11) is 0. The third kappa shape index (κ3) is 36.1. The number of aliphatic hydroxyl groups is 1. The van der Waals surface area contributed by atoms with Crippen molar-refractivity contribution in [3.63, 3.8) is 0 Å². The Balaban J connectivity index is 2.16. The molecule has 2 aliphatic rings. The number of hydrogen-bond donors (Lipinski definition) is 22. The Morgan fingerprint density at radius 1 is 0.353 bits per heavy atom. The van der Waals surface area contributed by atoms with Crippen molar-refractivity contribution in [3.05, 3.63) is 0 Å². The van der Waals surface area contributed by atoms with Gasteiger partial charge in [-0.1, -0.05) is 48.0 Å². The van der Waals surface area contributed by atoms with E-state index in [0.29, 0.717) is 19.3 Å². The van der Waals surface area contributed by atoms with Gasteiger partial charge in [-0.2, -0.15) is 0 Å². The number of likely N-dealkylation sites (tertiary alicyclic amines) is 2. The van der Waals surface area contributed by atoms with Gasteiger partial charge in [0.1, 0.15) is 104 Å². The first-order valence-corrected chi connectivity index (χ1v) is 45.6. The van der Waals surface area contributed by atoms with Crippen LogP contribution in [0.1, 0.15) is 271 Å². The molecule has 0 bridgehead atoms. The van der Waals surface area contributed by atoms with Crippen molar-refractivity contribution >= 4 is 136 Å². The second kappa shape index (κ2) is 49.0. The molecular formula is C89H153N23O24. The molecule has 0 aromatic heterocycles. The molecule has 0 aromatic carbocycles. The van der Waals surface area contributed by atoms with Crippen LogP contribution < -0.4 is 113 Å². The summed E-state index contributed by atoms with van der Waals surface area (Å²) >= 11 is 0. The molecule has 10 atom stereocenters. The van der Waals surface area contributed by atoms with Gasteiger partial charge in [0.25, 0.3) is 0 Å². The molecule has 47 heteroatoms. The van der Waals surface area contributed by atoms with Gasteiger partial charge < -0.3 is 128 Å². The SMILES string of the molecule is CCC(C)[C@@H](CO)NC(=O)[C@H](CCC(N)=O)NC(=O)[C@H](CCC(N)=O)NC(=O)C(C)(C)NC(=O)C(C)(C)NC(=O)[C@@H](NC(=O)[C@@H]1CCCN1C(=O)C(C)(C)NC(=O)C(C)(C)NC(=O)CNC(=O)C(C)(C)NC(=O)[C@H](CC(C)C)NC(=O)C(C)(C)NC(=O)[C@H](CCC(N)=O)NC(=O)C(C)(C)NC(=O)C(C)(C)NC(=O)[C@H](C)NC(=O)C(C)(C)NC(=O)[C@@H]1CCCN1C(=O)C(C)(C)NC(C)=O)C(C)C. The van der Waals surface area contributed by atoms with Crippen LogP contribution in [-0.2, 0) is 110 Å². The lowest BCUT2D eigenvalue weighted by Crippen LogP contribution is -2.67. The highest BCUT2D eigenvalue weighted by Gasteiger charge is 2.50. The van der Waals surface area contributed by atoms with Crippen molar-refractivity contribution in [3.8, 4) is 0 Å². The quantitative estimate of drug-likeness (QED) is 0.0271. The van der Waals surface area contributed by atoms with Gasteiger partial charge in [-0.15, -0.1) is 0 Å². The maximum absolute atomic E-state index is 14.5. The van der Waals surface area contributed by atoms with E-state index in [2.05, 4.69) is 95.7 Å². The molecule has 47 nitrogen and oxygen atoms in total. The van der Waals surface area contributed by atoms with Crippen LogP contribution in [0.2, 0.25) is 0 Å². The van der Waals surface area contributed by atoms with Crippen molar-refractivity contribution in [2.75, 3.05) is 26.2 Å². The van der Waals surface area contributed by atoms with Crippen molar-refractivity contribution in [2.45, 2.75) is 381 Å². The molecule has 25 N–H and O–H groups in total. The number of nitrogens with two attached hydrogens (primary N) is 3. The minimum absolute atomic E-state index is 0.0252. The van der Waals surface area contributed by atoms with Gasteiger partial charge in [0.15, 0.2) is 0 Å². The topological polar surface area (TPSA) is 714 Å². The van der Waals surface area contributed by atoms with Gasteiger partial charge in [0.2, 0.25) is 136 Å². The van der Waals surface area contributed by atoms with Crippen LogP contribution in [0.5, 0.6) is 0 Å². The van der Waals surface area contributed by atoms with E-state index in [9.17, 15) is 115 Å². The molecule has 136 heavy (non-hydrogen) atoms. The first-order valence-electron chi connectivity index (χ1n) is 45.6. The predicted octanol–water partition coefficient (Wildman–Crippen LogP) is -5.00. The van der Waals surface area contributed by atoms with Crippen LogP contribution >= 0.6 is 0 Å². The summed E-state index contributed by atoms with van der Waals surface area (Å²) in [6.07, 6.45) is -0.674. The normalized spacial score (nSPS) is 16.3. The number of carbonyl (C=O) groups excluding carboxylic acids is 23. The van der Waals surface area contributed by atoms with Crippen LogP contribution in [0.4, 0.5) is 0 Å². The van der Waals surface area contributed by atoms with E-state index in [1.807, 2.05) is 6.92 Å². The summed E-state index contributed by atoms with van der Waals surface area (Å²) in [6, 6.07) is -11.5. The lowest BCUT2D eigenvalue weighted by atomic mass is 9.96. The Bertz CT molecular complexity index is 4480. The van der Waals surface area contributed by atoms with E-state index < -0.39 is 284 Å². The summed E-state index contributed by atoms with van der Waals surface area (Å²) in [5, 5.41) is 55.8. The number of carbonyl (C=O) groups is 23. The van der Waals surface area contributed by atoms with Gasteiger partial charge >= 0.3 is 0 Å². The highest BCUT2D eigenvalue weighted by molar-refractivity contribution is 6.05. The van der Waals surface area contributed by atoms with Gasteiger partial charge in [-0.3, -0.25) is 110 Å². The van der Waals surface area contributed by atoms with Crippen molar-refractivity contribution in [2.24, 2.45) is 35.0 Å². The molecule has 0 aromatic rings.